The number of hydrogen-bond donors (Lipinski definition) is 1. The number of alkyl halides is 1. The van der Waals surface area contributed by atoms with E-state index < -0.39 is 5.60 Å². The summed E-state index contributed by atoms with van der Waals surface area (Å²) in [5.41, 5.74) is -0.0927. The molecule has 0 saturated heterocycles. The number of hydrogen-bond acceptors (Lipinski definition) is 1. The van der Waals surface area contributed by atoms with E-state index in [9.17, 15) is 5.11 Å². The molecule has 0 spiro atoms. The zero-order valence-corrected chi connectivity index (χ0v) is 13.0. The van der Waals surface area contributed by atoms with Gasteiger partial charge in [-0.2, -0.15) is 0 Å². The van der Waals surface area contributed by atoms with Crippen LogP contribution in [0.2, 0.25) is 0 Å². The van der Waals surface area contributed by atoms with E-state index >= 15 is 0 Å². The molecule has 7 atom stereocenters. The lowest BCUT2D eigenvalue weighted by atomic mass is 9.59. The third-order valence-corrected chi connectivity index (χ3v) is 7.63. The van der Waals surface area contributed by atoms with Gasteiger partial charge in [-0.25, -0.2) is 0 Å². The van der Waals surface area contributed by atoms with Gasteiger partial charge in [-0.3, -0.25) is 0 Å². The molecule has 3 aliphatic carbocycles. The van der Waals surface area contributed by atoms with Gasteiger partial charge in [-0.15, -0.1) is 0 Å². The molecule has 0 aliphatic heterocycles. The minimum Gasteiger partial charge on any atom is -0.390 e. The fraction of sp³-hybridized carbons (Fsp3) is 1.00. The largest absolute Gasteiger partial charge is 0.390 e. The van der Waals surface area contributed by atoms with E-state index in [0.29, 0.717) is 16.2 Å². The molecule has 1 unspecified atom stereocenters. The number of fused-ring (bicyclic) bond motifs is 3. The van der Waals surface area contributed by atoms with Crippen LogP contribution < -0.4 is 0 Å². The van der Waals surface area contributed by atoms with Gasteiger partial charge < -0.3 is 5.11 Å². The van der Waals surface area contributed by atoms with Crippen molar-refractivity contribution in [3.63, 3.8) is 0 Å². The summed E-state index contributed by atoms with van der Waals surface area (Å²) in [5, 5.41) is 10.8. The van der Waals surface area contributed by atoms with Gasteiger partial charge in [0.05, 0.1) is 5.60 Å². The summed E-state index contributed by atoms with van der Waals surface area (Å²) in [6.45, 7) is 9.20. The van der Waals surface area contributed by atoms with Crippen LogP contribution in [0.1, 0.15) is 47.0 Å². The minimum atomic E-state index is -0.428. The van der Waals surface area contributed by atoms with Gasteiger partial charge in [0.1, 0.15) is 0 Å². The second-order valence-electron chi connectivity index (χ2n) is 7.61. The fourth-order valence-corrected chi connectivity index (χ4v) is 6.24. The topological polar surface area (TPSA) is 20.2 Å². The molecule has 2 heteroatoms. The monoisotopic (exact) mass is 300 g/mol. The Hall–Kier alpha value is 0.440. The lowest BCUT2D eigenvalue weighted by Crippen LogP contribution is -2.52. The maximum absolute atomic E-state index is 10.8. The minimum absolute atomic E-state index is 0.336. The van der Waals surface area contributed by atoms with Gasteiger partial charge in [-0.05, 0) is 61.2 Å². The third kappa shape index (κ3) is 1.52. The van der Waals surface area contributed by atoms with Crippen molar-refractivity contribution in [2.45, 2.75) is 57.4 Å². The molecule has 3 rings (SSSR count). The van der Waals surface area contributed by atoms with E-state index in [4.69, 9.17) is 0 Å². The first-order valence-electron chi connectivity index (χ1n) is 7.15. The van der Waals surface area contributed by atoms with Crippen molar-refractivity contribution in [2.75, 3.05) is 0 Å². The zero-order chi connectivity index (χ0) is 12.6. The van der Waals surface area contributed by atoms with Crippen molar-refractivity contribution in [1.29, 1.82) is 0 Å². The van der Waals surface area contributed by atoms with E-state index in [0.717, 1.165) is 36.5 Å². The first-order chi connectivity index (χ1) is 7.79. The van der Waals surface area contributed by atoms with Gasteiger partial charge in [0, 0.05) is 4.83 Å². The molecule has 0 bridgehead atoms. The molecule has 0 heterocycles. The van der Waals surface area contributed by atoms with Crippen LogP contribution in [0, 0.1) is 35.0 Å². The zero-order valence-electron chi connectivity index (χ0n) is 11.4. The Morgan fingerprint density at radius 1 is 1.29 bits per heavy atom. The van der Waals surface area contributed by atoms with Crippen LogP contribution in [0.15, 0.2) is 0 Å². The Balaban J connectivity index is 1.92. The van der Waals surface area contributed by atoms with Gasteiger partial charge in [0.15, 0.2) is 0 Å². The van der Waals surface area contributed by atoms with E-state index in [1.807, 2.05) is 0 Å². The van der Waals surface area contributed by atoms with Crippen molar-refractivity contribution in [2.24, 2.45) is 35.0 Å². The Morgan fingerprint density at radius 2 is 1.94 bits per heavy atom. The summed E-state index contributed by atoms with van der Waals surface area (Å²) in [4.78, 5) is 0.612. The summed E-state index contributed by atoms with van der Waals surface area (Å²) in [5.74, 6) is 3.90. The molecule has 1 nitrogen and oxygen atoms in total. The molecule has 1 N–H and O–H groups in total. The predicted octanol–water partition coefficient (Wildman–Crippen LogP) is 3.84. The molecule has 3 aliphatic rings. The highest BCUT2D eigenvalue weighted by Gasteiger charge is 2.72. The van der Waals surface area contributed by atoms with Crippen LogP contribution in [0.3, 0.4) is 0 Å². The molecule has 17 heavy (non-hydrogen) atoms. The van der Waals surface area contributed by atoms with Crippen LogP contribution in [0.4, 0.5) is 0 Å². The smallest absolute Gasteiger partial charge is 0.0656 e. The summed E-state index contributed by atoms with van der Waals surface area (Å²) >= 11 is 3.90. The Bertz CT molecular complexity index is 338. The number of rotatable bonds is 1. The second kappa shape index (κ2) is 3.50. The summed E-state index contributed by atoms with van der Waals surface area (Å²) in [6.07, 6.45) is 3.43. The molecule has 3 saturated carbocycles. The summed E-state index contributed by atoms with van der Waals surface area (Å²) in [7, 11) is 0. The average molecular weight is 301 g/mol. The van der Waals surface area contributed by atoms with Crippen LogP contribution in [-0.4, -0.2) is 15.5 Å². The highest BCUT2D eigenvalue weighted by molar-refractivity contribution is 9.09. The van der Waals surface area contributed by atoms with Crippen LogP contribution >= 0.6 is 15.9 Å². The van der Waals surface area contributed by atoms with E-state index in [1.165, 1.54) is 6.42 Å². The van der Waals surface area contributed by atoms with Crippen molar-refractivity contribution in [1.82, 2.24) is 0 Å². The van der Waals surface area contributed by atoms with Gasteiger partial charge in [0.25, 0.3) is 0 Å². The summed E-state index contributed by atoms with van der Waals surface area (Å²) < 4.78 is 0. The van der Waals surface area contributed by atoms with Crippen LogP contribution in [0.5, 0.6) is 0 Å². The molecule has 0 aromatic carbocycles. The molecular weight excluding hydrogens is 276 g/mol. The van der Waals surface area contributed by atoms with E-state index in [1.54, 1.807) is 0 Å². The highest BCUT2D eigenvalue weighted by atomic mass is 79.9. The molecular formula is C15H25BrO. The van der Waals surface area contributed by atoms with E-state index in [2.05, 4.69) is 43.6 Å². The van der Waals surface area contributed by atoms with Gasteiger partial charge >= 0.3 is 0 Å². The molecule has 0 amide bonds. The molecule has 0 aromatic rings. The number of halogens is 1. The lowest BCUT2D eigenvalue weighted by molar-refractivity contribution is -0.0934. The third-order valence-electron chi connectivity index (χ3n) is 6.12. The Kier molecular flexibility index (Phi) is 2.57. The SMILES string of the molecule is CC(C)[C@H]1[C@@H]2C[C@@]3(C)C([C@@H]21)[C@](C)(O)CC[C@@H]3Br. The molecule has 0 aromatic heterocycles. The van der Waals surface area contributed by atoms with Crippen molar-refractivity contribution in [3.05, 3.63) is 0 Å². The van der Waals surface area contributed by atoms with Crippen molar-refractivity contribution < 1.29 is 5.11 Å². The Labute approximate surface area is 113 Å². The maximum atomic E-state index is 10.8. The predicted molar refractivity (Wildman–Crippen MR) is 74.1 cm³/mol. The first-order valence-corrected chi connectivity index (χ1v) is 8.07. The highest BCUT2D eigenvalue weighted by Crippen LogP contribution is 2.74. The molecule has 0 radical (unpaired) electrons. The first kappa shape index (κ1) is 12.5. The van der Waals surface area contributed by atoms with Crippen molar-refractivity contribution in [3.8, 4) is 0 Å². The molecule has 3 fully saturated rings. The maximum Gasteiger partial charge on any atom is 0.0656 e. The summed E-state index contributed by atoms with van der Waals surface area (Å²) in [6, 6.07) is 0. The standard InChI is InChI=1S/C15H25BrO/c1-8(2)11-9-7-14(3)10(16)5-6-15(4,17)13(14)12(9)11/h8-13,17H,5-7H2,1-4H3/t9-,10-,11-,12-,13?,14+,15+/m0/s1. The average Bonchev–Trinajstić information content (AvgIpc) is 2.77. The van der Waals surface area contributed by atoms with Crippen molar-refractivity contribution >= 4 is 15.9 Å². The quantitative estimate of drug-likeness (QED) is 0.730. The Morgan fingerprint density at radius 3 is 2.53 bits per heavy atom. The van der Waals surface area contributed by atoms with Crippen LogP contribution in [-0.2, 0) is 0 Å². The normalized spacial score (nSPS) is 61.2. The fourth-order valence-electron chi connectivity index (χ4n) is 5.53. The van der Waals surface area contributed by atoms with E-state index in [-0.39, 0.29) is 0 Å². The van der Waals surface area contributed by atoms with Crippen LogP contribution in [0.25, 0.3) is 0 Å². The lowest BCUT2D eigenvalue weighted by Gasteiger charge is -2.51. The second-order valence-corrected chi connectivity index (χ2v) is 8.72. The van der Waals surface area contributed by atoms with Gasteiger partial charge in [-0.1, -0.05) is 36.7 Å². The van der Waals surface area contributed by atoms with Gasteiger partial charge in [0.2, 0.25) is 0 Å². The molecule has 98 valence electrons. The number of aliphatic hydroxyl groups is 1.